The molecule has 0 radical (unpaired) electrons. The van der Waals surface area contributed by atoms with Crippen LogP contribution in [0.3, 0.4) is 0 Å². The third kappa shape index (κ3) is 3.63. The highest BCUT2D eigenvalue weighted by Crippen LogP contribution is 2.24. The van der Waals surface area contributed by atoms with Crippen LogP contribution in [0.4, 0.5) is 0 Å². The number of hydrogen-bond donors (Lipinski definition) is 1. The Labute approximate surface area is 114 Å². The van der Waals surface area contributed by atoms with Gasteiger partial charge in [0.1, 0.15) is 0 Å². The second-order valence-electron chi connectivity index (χ2n) is 3.94. The first-order valence-electron chi connectivity index (χ1n) is 5.57. The largest absolute Gasteiger partial charge is 0.316 e. The minimum absolute atomic E-state index is 0.465. The normalized spacial score (nSPS) is 12.6. The standard InChI is InChI=1S/C13H15BrN2S/c1-15-11(8-10-2-5-16-6-3-10)9-13-12(14)4-7-17-13/h2-7,11,15H,8-9H2,1H3. The Bertz CT molecular complexity index is 455. The molecule has 2 nitrogen and oxygen atoms in total. The van der Waals surface area contributed by atoms with Crippen molar-refractivity contribution in [2.75, 3.05) is 7.05 Å². The Balaban J connectivity index is 2.00. The average molecular weight is 311 g/mol. The molecule has 1 unspecified atom stereocenters. The molecule has 4 heteroatoms. The third-order valence-electron chi connectivity index (χ3n) is 2.76. The molecule has 0 aliphatic carbocycles. The van der Waals surface area contributed by atoms with E-state index in [0.717, 1.165) is 12.8 Å². The summed E-state index contributed by atoms with van der Waals surface area (Å²) in [7, 11) is 2.02. The third-order valence-corrected chi connectivity index (χ3v) is 4.71. The van der Waals surface area contributed by atoms with Crippen molar-refractivity contribution in [3.63, 3.8) is 0 Å². The van der Waals surface area contributed by atoms with Crippen LogP contribution in [0.15, 0.2) is 40.4 Å². The number of nitrogens with zero attached hydrogens (tertiary/aromatic N) is 1. The molecule has 0 spiro atoms. The van der Waals surface area contributed by atoms with Gasteiger partial charge in [-0.2, -0.15) is 0 Å². The Morgan fingerprint density at radius 2 is 2.06 bits per heavy atom. The van der Waals surface area contributed by atoms with Gasteiger partial charge in [0.2, 0.25) is 0 Å². The van der Waals surface area contributed by atoms with Crippen LogP contribution in [0.1, 0.15) is 10.4 Å². The van der Waals surface area contributed by atoms with Gasteiger partial charge in [0.05, 0.1) is 0 Å². The second kappa shape index (κ2) is 6.28. The van der Waals surface area contributed by atoms with Gasteiger partial charge in [0.25, 0.3) is 0 Å². The van der Waals surface area contributed by atoms with Crippen LogP contribution in [-0.4, -0.2) is 18.1 Å². The number of pyridine rings is 1. The number of hydrogen-bond acceptors (Lipinski definition) is 3. The lowest BCUT2D eigenvalue weighted by molar-refractivity contribution is 0.559. The Morgan fingerprint density at radius 3 is 2.65 bits per heavy atom. The van der Waals surface area contributed by atoms with Gasteiger partial charge in [-0.25, -0.2) is 0 Å². The van der Waals surface area contributed by atoms with Crippen LogP contribution >= 0.6 is 27.3 Å². The molecule has 2 aromatic rings. The fourth-order valence-corrected chi connectivity index (χ4v) is 3.37. The minimum Gasteiger partial charge on any atom is -0.316 e. The molecule has 0 aliphatic rings. The Kier molecular flexibility index (Phi) is 4.71. The summed E-state index contributed by atoms with van der Waals surface area (Å²) < 4.78 is 1.22. The fraction of sp³-hybridized carbons (Fsp3) is 0.308. The van der Waals surface area contributed by atoms with Crippen molar-refractivity contribution in [1.82, 2.24) is 10.3 Å². The van der Waals surface area contributed by atoms with E-state index in [1.807, 2.05) is 19.4 Å². The van der Waals surface area contributed by atoms with E-state index in [9.17, 15) is 0 Å². The van der Waals surface area contributed by atoms with Crippen LogP contribution < -0.4 is 5.32 Å². The predicted molar refractivity (Wildman–Crippen MR) is 76.5 cm³/mol. The van der Waals surface area contributed by atoms with Crippen LogP contribution in [0.5, 0.6) is 0 Å². The van der Waals surface area contributed by atoms with E-state index >= 15 is 0 Å². The first-order valence-corrected chi connectivity index (χ1v) is 7.25. The Hall–Kier alpha value is -0.710. The van der Waals surface area contributed by atoms with Crippen molar-refractivity contribution in [3.05, 3.63) is 50.9 Å². The van der Waals surface area contributed by atoms with Crippen LogP contribution in [-0.2, 0) is 12.8 Å². The number of nitrogens with one attached hydrogen (secondary N) is 1. The topological polar surface area (TPSA) is 24.9 Å². The van der Waals surface area contributed by atoms with Crippen LogP contribution in [0.25, 0.3) is 0 Å². The number of rotatable bonds is 5. The number of likely N-dealkylation sites (N-methyl/N-ethyl adjacent to an activating group) is 1. The summed E-state index contributed by atoms with van der Waals surface area (Å²) in [6.07, 6.45) is 5.78. The zero-order valence-electron chi connectivity index (χ0n) is 9.69. The van der Waals surface area contributed by atoms with E-state index in [1.165, 1.54) is 14.9 Å². The molecular weight excluding hydrogens is 296 g/mol. The maximum atomic E-state index is 4.04. The highest BCUT2D eigenvalue weighted by atomic mass is 79.9. The fourth-order valence-electron chi connectivity index (χ4n) is 1.77. The highest BCUT2D eigenvalue weighted by Gasteiger charge is 2.11. The summed E-state index contributed by atoms with van der Waals surface area (Å²) in [4.78, 5) is 5.44. The van der Waals surface area contributed by atoms with Gasteiger partial charge in [0.15, 0.2) is 0 Å². The predicted octanol–water partition coefficient (Wildman–Crippen LogP) is 3.28. The number of aromatic nitrogens is 1. The Morgan fingerprint density at radius 1 is 1.29 bits per heavy atom. The molecule has 17 heavy (non-hydrogen) atoms. The first kappa shape index (κ1) is 12.7. The first-order chi connectivity index (χ1) is 8.29. The lowest BCUT2D eigenvalue weighted by Crippen LogP contribution is -2.29. The summed E-state index contributed by atoms with van der Waals surface area (Å²) in [5.41, 5.74) is 1.33. The van der Waals surface area contributed by atoms with Gasteiger partial charge in [0, 0.05) is 27.8 Å². The lowest BCUT2D eigenvalue weighted by atomic mass is 10.0. The zero-order chi connectivity index (χ0) is 12.1. The van der Waals surface area contributed by atoms with Gasteiger partial charge >= 0.3 is 0 Å². The summed E-state index contributed by atoms with van der Waals surface area (Å²) in [5, 5.41) is 5.51. The smallest absolute Gasteiger partial charge is 0.0314 e. The molecule has 0 aromatic carbocycles. The molecule has 1 atom stereocenters. The van der Waals surface area contributed by atoms with Crippen molar-refractivity contribution in [1.29, 1.82) is 0 Å². The summed E-state index contributed by atoms with van der Waals surface area (Å²) in [6.45, 7) is 0. The van der Waals surface area contributed by atoms with Crippen molar-refractivity contribution >= 4 is 27.3 Å². The molecule has 0 amide bonds. The van der Waals surface area contributed by atoms with E-state index in [0.29, 0.717) is 6.04 Å². The van der Waals surface area contributed by atoms with E-state index < -0.39 is 0 Å². The van der Waals surface area contributed by atoms with E-state index in [-0.39, 0.29) is 0 Å². The molecule has 2 rings (SSSR count). The molecule has 0 fully saturated rings. The van der Waals surface area contributed by atoms with Gasteiger partial charge < -0.3 is 5.32 Å². The van der Waals surface area contributed by atoms with Gasteiger partial charge in [-0.3, -0.25) is 4.98 Å². The van der Waals surface area contributed by atoms with Crippen molar-refractivity contribution in [3.8, 4) is 0 Å². The van der Waals surface area contributed by atoms with Crippen molar-refractivity contribution in [2.45, 2.75) is 18.9 Å². The summed E-state index contributed by atoms with van der Waals surface area (Å²) >= 11 is 5.39. The average Bonchev–Trinajstić information content (AvgIpc) is 2.75. The van der Waals surface area contributed by atoms with E-state index in [4.69, 9.17) is 0 Å². The number of thiophene rings is 1. The quantitative estimate of drug-likeness (QED) is 0.916. The van der Waals surface area contributed by atoms with E-state index in [2.05, 4.69) is 49.8 Å². The maximum absolute atomic E-state index is 4.04. The zero-order valence-corrected chi connectivity index (χ0v) is 12.1. The highest BCUT2D eigenvalue weighted by molar-refractivity contribution is 9.10. The van der Waals surface area contributed by atoms with Gasteiger partial charge in [-0.05, 0) is 65.0 Å². The van der Waals surface area contributed by atoms with Crippen LogP contribution in [0, 0.1) is 0 Å². The molecule has 0 bridgehead atoms. The van der Waals surface area contributed by atoms with Gasteiger partial charge in [-0.1, -0.05) is 0 Å². The molecule has 0 saturated heterocycles. The summed E-state index contributed by atoms with van der Waals surface area (Å²) in [5.74, 6) is 0. The molecule has 1 N–H and O–H groups in total. The second-order valence-corrected chi connectivity index (χ2v) is 5.80. The SMILES string of the molecule is CNC(Cc1ccncc1)Cc1sccc1Br. The summed E-state index contributed by atoms with van der Waals surface area (Å²) in [6, 6.07) is 6.73. The molecule has 0 aliphatic heterocycles. The van der Waals surface area contributed by atoms with E-state index in [1.54, 1.807) is 11.3 Å². The monoisotopic (exact) mass is 310 g/mol. The number of halogens is 1. The van der Waals surface area contributed by atoms with Crippen molar-refractivity contribution < 1.29 is 0 Å². The molecule has 2 heterocycles. The molecule has 90 valence electrons. The molecular formula is C13H15BrN2S. The van der Waals surface area contributed by atoms with Crippen molar-refractivity contribution in [2.24, 2.45) is 0 Å². The van der Waals surface area contributed by atoms with Gasteiger partial charge in [-0.15, -0.1) is 11.3 Å². The molecule has 2 aromatic heterocycles. The minimum atomic E-state index is 0.465. The molecule has 0 saturated carbocycles. The van der Waals surface area contributed by atoms with Crippen LogP contribution in [0.2, 0.25) is 0 Å². The lowest BCUT2D eigenvalue weighted by Gasteiger charge is -2.15. The maximum Gasteiger partial charge on any atom is 0.0314 e.